The van der Waals surface area contributed by atoms with Crippen LogP contribution in [0.5, 0.6) is 0 Å². The molecule has 0 aromatic heterocycles. The molecule has 5 heteroatoms. The maximum absolute atomic E-state index is 13.8. The van der Waals surface area contributed by atoms with Crippen molar-refractivity contribution in [2.75, 3.05) is 0 Å². The Kier molecular flexibility index (Phi) is 8.09. The van der Waals surface area contributed by atoms with Gasteiger partial charge in [0.15, 0.2) is 9.84 Å². The Morgan fingerprint density at radius 3 is 2.31 bits per heavy atom. The summed E-state index contributed by atoms with van der Waals surface area (Å²) in [6, 6.07) is 22.7. The standard InChI is InChI=1S/C31H40N2O2S/c1-2-3-4-5-6-7-10-23-14-17-27(18-15-23)36(34,35)31-29-20-19-28(33-29)30(31)32-22-24-13-16-25-11-8-9-12-26(25)21-24/h8-9,11-18,21,28-33H,2-7,10,19-20,22H2,1H3. The zero-order valence-corrected chi connectivity index (χ0v) is 22.3. The second kappa shape index (κ2) is 11.5. The second-order valence-electron chi connectivity index (χ2n) is 10.7. The molecule has 2 aliphatic heterocycles. The van der Waals surface area contributed by atoms with E-state index in [1.807, 2.05) is 24.3 Å². The number of benzene rings is 3. The molecule has 0 amide bonds. The molecule has 2 bridgehead atoms. The number of aryl methyl sites for hydroxylation is 1. The van der Waals surface area contributed by atoms with Crippen molar-refractivity contribution >= 4 is 20.6 Å². The minimum atomic E-state index is -3.43. The van der Waals surface area contributed by atoms with Crippen LogP contribution in [0.1, 0.15) is 69.4 Å². The second-order valence-corrected chi connectivity index (χ2v) is 12.8. The molecule has 2 N–H and O–H groups in total. The number of sulfone groups is 1. The Hall–Kier alpha value is -2.21. The summed E-state index contributed by atoms with van der Waals surface area (Å²) in [6.07, 6.45) is 10.6. The lowest BCUT2D eigenvalue weighted by Crippen LogP contribution is -2.50. The smallest absolute Gasteiger partial charge is 0.184 e. The number of hydrogen-bond acceptors (Lipinski definition) is 4. The quantitative estimate of drug-likeness (QED) is 0.289. The number of unbranched alkanes of at least 4 members (excludes halogenated alkanes) is 5. The van der Waals surface area contributed by atoms with E-state index in [4.69, 9.17) is 0 Å². The molecule has 2 fully saturated rings. The summed E-state index contributed by atoms with van der Waals surface area (Å²) in [6.45, 7) is 2.91. The Labute approximate surface area is 216 Å². The first-order chi connectivity index (χ1) is 17.6. The van der Waals surface area contributed by atoms with Crippen LogP contribution in [0, 0.1) is 0 Å². The molecule has 2 heterocycles. The van der Waals surface area contributed by atoms with E-state index in [9.17, 15) is 8.42 Å². The third kappa shape index (κ3) is 5.53. The molecule has 192 valence electrons. The fourth-order valence-electron chi connectivity index (χ4n) is 6.19. The molecular formula is C31H40N2O2S. The van der Waals surface area contributed by atoms with Crippen LogP contribution < -0.4 is 10.6 Å². The third-order valence-corrected chi connectivity index (χ3v) is 10.5. The highest BCUT2D eigenvalue weighted by Gasteiger charge is 2.53. The van der Waals surface area contributed by atoms with E-state index in [0.717, 1.165) is 19.3 Å². The van der Waals surface area contributed by atoms with Gasteiger partial charge in [-0.3, -0.25) is 0 Å². The Morgan fingerprint density at radius 2 is 1.50 bits per heavy atom. The third-order valence-electron chi connectivity index (χ3n) is 8.19. The van der Waals surface area contributed by atoms with Crippen LogP contribution in [0.2, 0.25) is 0 Å². The molecule has 2 aliphatic rings. The molecule has 36 heavy (non-hydrogen) atoms. The van der Waals surface area contributed by atoms with Crippen LogP contribution in [0.15, 0.2) is 71.6 Å². The molecular weight excluding hydrogens is 464 g/mol. The SMILES string of the molecule is CCCCCCCCc1ccc(S(=O)(=O)C2C3CCC(N3)C2NCc2ccc3ccccc3c2)cc1. The van der Waals surface area contributed by atoms with Crippen LogP contribution in [0.25, 0.3) is 10.8 Å². The van der Waals surface area contributed by atoms with Gasteiger partial charge in [0.05, 0.1) is 10.1 Å². The molecule has 4 atom stereocenters. The molecule has 5 rings (SSSR count). The van der Waals surface area contributed by atoms with Crippen molar-refractivity contribution in [3.63, 3.8) is 0 Å². The first kappa shape index (κ1) is 25.4. The molecule has 0 saturated carbocycles. The summed E-state index contributed by atoms with van der Waals surface area (Å²) in [4.78, 5) is 0.464. The van der Waals surface area contributed by atoms with Crippen molar-refractivity contribution in [1.82, 2.24) is 10.6 Å². The molecule has 3 aromatic carbocycles. The van der Waals surface area contributed by atoms with Gasteiger partial charge in [0.1, 0.15) is 0 Å². The van der Waals surface area contributed by atoms with Crippen LogP contribution in [-0.2, 0) is 22.8 Å². The monoisotopic (exact) mass is 504 g/mol. The first-order valence-electron chi connectivity index (χ1n) is 13.9. The summed E-state index contributed by atoms with van der Waals surface area (Å²) in [5.74, 6) is 0. The fourth-order valence-corrected chi connectivity index (χ4v) is 8.34. The number of hydrogen-bond donors (Lipinski definition) is 2. The van der Waals surface area contributed by atoms with Gasteiger partial charge in [-0.1, -0.05) is 87.6 Å². The van der Waals surface area contributed by atoms with Crippen LogP contribution >= 0.6 is 0 Å². The lowest BCUT2D eigenvalue weighted by Gasteiger charge is -2.30. The van der Waals surface area contributed by atoms with Gasteiger partial charge in [-0.2, -0.15) is 0 Å². The lowest BCUT2D eigenvalue weighted by atomic mass is 9.94. The lowest BCUT2D eigenvalue weighted by molar-refractivity contribution is 0.409. The summed E-state index contributed by atoms with van der Waals surface area (Å²) in [7, 11) is -3.43. The van der Waals surface area contributed by atoms with E-state index in [0.29, 0.717) is 11.4 Å². The predicted molar refractivity (Wildman–Crippen MR) is 149 cm³/mol. The first-order valence-corrected chi connectivity index (χ1v) is 15.4. The topological polar surface area (TPSA) is 58.2 Å². The summed E-state index contributed by atoms with van der Waals surface area (Å²) < 4.78 is 27.6. The summed E-state index contributed by atoms with van der Waals surface area (Å²) >= 11 is 0. The maximum Gasteiger partial charge on any atom is 0.184 e. The van der Waals surface area contributed by atoms with Crippen molar-refractivity contribution in [1.29, 1.82) is 0 Å². The molecule has 4 unspecified atom stereocenters. The molecule has 0 aliphatic carbocycles. The van der Waals surface area contributed by atoms with Gasteiger partial charge in [-0.15, -0.1) is 0 Å². The van der Waals surface area contributed by atoms with Gasteiger partial charge in [0.25, 0.3) is 0 Å². The van der Waals surface area contributed by atoms with E-state index in [1.54, 1.807) is 0 Å². The Balaban J connectivity index is 1.24. The molecule has 4 nitrogen and oxygen atoms in total. The number of nitrogens with one attached hydrogen (secondary N) is 2. The van der Waals surface area contributed by atoms with Crippen molar-refractivity contribution in [2.45, 2.75) is 99.5 Å². The molecule has 3 aromatic rings. The molecule has 0 radical (unpaired) electrons. The van der Waals surface area contributed by atoms with Crippen molar-refractivity contribution in [2.24, 2.45) is 0 Å². The zero-order chi connectivity index (χ0) is 25.0. The number of fused-ring (bicyclic) bond motifs is 3. The van der Waals surface area contributed by atoms with Gasteiger partial charge in [-0.25, -0.2) is 8.42 Å². The van der Waals surface area contributed by atoms with Crippen molar-refractivity contribution < 1.29 is 8.42 Å². The minimum absolute atomic E-state index is 0.0249. The van der Waals surface area contributed by atoms with Crippen molar-refractivity contribution in [3.05, 3.63) is 77.9 Å². The maximum atomic E-state index is 13.8. The van der Waals surface area contributed by atoms with E-state index in [1.165, 1.54) is 60.4 Å². The number of rotatable bonds is 12. The average Bonchev–Trinajstić information content (AvgIpc) is 3.52. The van der Waals surface area contributed by atoms with Gasteiger partial charge in [0, 0.05) is 24.7 Å². The van der Waals surface area contributed by atoms with E-state index in [-0.39, 0.29) is 18.1 Å². The largest absolute Gasteiger partial charge is 0.308 e. The highest BCUT2D eigenvalue weighted by atomic mass is 32.2. The predicted octanol–water partition coefficient (Wildman–Crippen LogP) is 6.18. The van der Waals surface area contributed by atoms with Gasteiger partial charge in [0.2, 0.25) is 0 Å². The summed E-state index contributed by atoms with van der Waals surface area (Å²) in [5, 5.41) is 9.24. The highest BCUT2D eigenvalue weighted by Crippen LogP contribution is 2.36. The van der Waals surface area contributed by atoms with E-state index < -0.39 is 15.1 Å². The van der Waals surface area contributed by atoms with Crippen LogP contribution in [-0.4, -0.2) is 31.8 Å². The molecule has 0 spiro atoms. The van der Waals surface area contributed by atoms with Crippen molar-refractivity contribution in [3.8, 4) is 0 Å². The molecule has 2 saturated heterocycles. The van der Waals surface area contributed by atoms with Gasteiger partial charge in [-0.05, 0) is 65.8 Å². The van der Waals surface area contributed by atoms with E-state index >= 15 is 0 Å². The zero-order valence-electron chi connectivity index (χ0n) is 21.5. The Morgan fingerprint density at radius 1 is 0.806 bits per heavy atom. The Bertz CT molecular complexity index is 1260. The van der Waals surface area contributed by atoms with Crippen LogP contribution in [0.4, 0.5) is 0 Å². The van der Waals surface area contributed by atoms with Gasteiger partial charge < -0.3 is 10.6 Å². The average molecular weight is 505 g/mol. The normalized spacial score (nSPS) is 23.5. The van der Waals surface area contributed by atoms with E-state index in [2.05, 4.69) is 60.0 Å². The van der Waals surface area contributed by atoms with Crippen LogP contribution in [0.3, 0.4) is 0 Å². The summed E-state index contributed by atoms with van der Waals surface area (Å²) in [5.41, 5.74) is 2.42. The fraction of sp³-hybridized carbons (Fsp3) is 0.484. The van der Waals surface area contributed by atoms with Gasteiger partial charge >= 0.3 is 0 Å². The highest BCUT2D eigenvalue weighted by molar-refractivity contribution is 7.92. The minimum Gasteiger partial charge on any atom is -0.308 e.